The standard InChI is InChI=1S/C18H21N3O4S.ClH/c1-11-8-12(2)18(10-17(11)21(22)23)26(24,25)20-16-5-3-4-13-9-14(19)6-7-15(13)16;/h6-10,16,20H,3-5,19H2,1-2H3;1H. The molecule has 0 spiro atoms. The molecule has 2 aromatic carbocycles. The number of aryl methyl sites for hydroxylation is 3. The minimum Gasteiger partial charge on any atom is -0.399 e. The first-order valence-corrected chi connectivity index (χ1v) is 9.83. The Balaban J connectivity index is 0.00000261. The van der Waals surface area contributed by atoms with Crippen molar-refractivity contribution in [1.29, 1.82) is 0 Å². The highest BCUT2D eigenvalue weighted by Crippen LogP contribution is 2.33. The molecule has 0 aliphatic heterocycles. The normalized spacial score (nSPS) is 16.3. The number of nitro groups is 1. The van der Waals surface area contributed by atoms with Gasteiger partial charge in [-0.1, -0.05) is 6.07 Å². The van der Waals surface area contributed by atoms with E-state index in [4.69, 9.17) is 5.73 Å². The summed E-state index contributed by atoms with van der Waals surface area (Å²) in [7, 11) is -3.90. The molecule has 0 bridgehead atoms. The molecular formula is C18H22ClN3O4S. The van der Waals surface area contributed by atoms with Crippen LogP contribution in [0.1, 0.15) is 41.1 Å². The van der Waals surface area contributed by atoms with E-state index in [9.17, 15) is 18.5 Å². The fourth-order valence-electron chi connectivity index (χ4n) is 3.52. The predicted octanol–water partition coefficient (Wildman–Crippen LogP) is 3.57. The number of benzene rings is 2. The molecule has 1 unspecified atom stereocenters. The van der Waals surface area contributed by atoms with Crippen molar-refractivity contribution in [3.05, 3.63) is 62.7 Å². The van der Waals surface area contributed by atoms with Gasteiger partial charge in [-0.3, -0.25) is 10.1 Å². The van der Waals surface area contributed by atoms with Crippen LogP contribution in [0.5, 0.6) is 0 Å². The summed E-state index contributed by atoms with van der Waals surface area (Å²) in [5.41, 5.74) is 9.13. The zero-order valence-electron chi connectivity index (χ0n) is 15.1. The molecule has 146 valence electrons. The fraction of sp³-hybridized carbons (Fsp3) is 0.333. The maximum absolute atomic E-state index is 12.9. The van der Waals surface area contributed by atoms with Crippen LogP contribution in [-0.2, 0) is 16.4 Å². The average Bonchev–Trinajstić information content (AvgIpc) is 2.53. The van der Waals surface area contributed by atoms with Crippen molar-refractivity contribution in [3.8, 4) is 0 Å². The van der Waals surface area contributed by atoms with Crippen LogP contribution in [0.2, 0.25) is 0 Å². The van der Waals surface area contributed by atoms with Crippen LogP contribution >= 0.6 is 12.4 Å². The number of sulfonamides is 1. The van der Waals surface area contributed by atoms with Gasteiger partial charge in [-0.15, -0.1) is 12.4 Å². The van der Waals surface area contributed by atoms with Crippen LogP contribution in [0.15, 0.2) is 35.2 Å². The molecule has 1 atom stereocenters. The maximum Gasteiger partial charge on any atom is 0.273 e. The zero-order valence-corrected chi connectivity index (χ0v) is 16.7. The lowest BCUT2D eigenvalue weighted by molar-refractivity contribution is -0.385. The van der Waals surface area contributed by atoms with Gasteiger partial charge in [-0.2, -0.15) is 0 Å². The van der Waals surface area contributed by atoms with Crippen LogP contribution in [0.4, 0.5) is 11.4 Å². The summed E-state index contributed by atoms with van der Waals surface area (Å²) in [6, 6.07) is 7.78. The Hall–Kier alpha value is -2.16. The minimum atomic E-state index is -3.90. The quantitative estimate of drug-likeness (QED) is 0.453. The van der Waals surface area contributed by atoms with Gasteiger partial charge in [0.25, 0.3) is 5.69 Å². The van der Waals surface area contributed by atoms with E-state index in [1.165, 1.54) is 6.07 Å². The smallest absolute Gasteiger partial charge is 0.273 e. The number of halogens is 1. The summed E-state index contributed by atoms with van der Waals surface area (Å²) in [4.78, 5) is 10.6. The SMILES string of the molecule is Cc1cc(C)c(S(=O)(=O)NC2CCCc3cc(N)ccc32)cc1[N+](=O)[O-].Cl. The third-order valence-electron chi connectivity index (χ3n) is 4.76. The highest BCUT2D eigenvalue weighted by molar-refractivity contribution is 7.89. The van der Waals surface area contributed by atoms with Gasteiger partial charge in [0, 0.05) is 23.4 Å². The molecule has 0 fully saturated rings. The van der Waals surface area contributed by atoms with Crippen molar-refractivity contribution < 1.29 is 13.3 Å². The molecule has 0 radical (unpaired) electrons. The lowest BCUT2D eigenvalue weighted by Gasteiger charge is -2.26. The average molecular weight is 412 g/mol. The number of nitrogens with zero attached hydrogens (tertiary/aromatic N) is 1. The summed E-state index contributed by atoms with van der Waals surface area (Å²) >= 11 is 0. The monoisotopic (exact) mass is 411 g/mol. The number of fused-ring (bicyclic) bond motifs is 1. The molecule has 27 heavy (non-hydrogen) atoms. The van der Waals surface area contributed by atoms with Crippen LogP contribution in [0.3, 0.4) is 0 Å². The Kier molecular flexibility index (Phi) is 6.14. The van der Waals surface area contributed by atoms with Gasteiger partial charge in [-0.05, 0) is 68.0 Å². The maximum atomic E-state index is 12.9. The van der Waals surface area contributed by atoms with Gasteiger partial charge < -0.3 is 5.73 Å². The largest absolute Gasteiger partial charge is 0.399 e. The van der Waals surface area contributed by atoms with Crippen LogP contribution < -0.4 is 10.5 Å². The van der Waals surface area contributed by atoms with E-state index >= 15 is 0 Å². The summed E-state index contributed by atoms with van der Waals surface area (Å²) in [5.74, 6) is 0. The van der Waals surface area contributed by atoms with Crippen LogP contribution in [-0.4, -0.2) is 13.3 Å². The van der Waals surface area contributed by atoms with E-state index in [-0.39, 0.29) is 29.0 Å². The lowest BCUT2D eigenvalue weighted by Crippen LogP contribution is -2.31. The van der Waals surface area contributed by atoms with E-state index < -0.39 is 14.9 Å². The molecule has 3 N–H and O–H groups in total. The third kappa shape index (κ3) is 4.23. The molecule has 3 rings (SSSR count). The van der Waals surface area contributed by atoms with Crippen molar-refractivity contribution >= 4 is 33.8 Å². The van der Waals surface area contributed by atoms with Gasteiger partial charge in [0.15, 0.2) is 0 Å². The predicted molar refractivity (Wildman–Crippen MR) is 107 cm³/mol. The van der Waals surface area contributed by atoms with E-state index in [1.54, 1.807) is 19.9 Å². The Bertz CT molecular complexity index is 992. The molecule has 0 heterocycles. The molecule has 0 saturated heterocycles. The Morgan fingerprint density at radius 1 is 1.19 bits per heavy atom. The minimum absolute atomic E-state index is 0. The topological polar surface area (TPSA) is 115 Å². The van der Waals surface area contributed by atoms with Crippen molar-refractivity contribution in [2.45, 2.75) is 44.0 Å². The summed E-state index contributed by atoms with van der Waals surface area (Å²) in [5, 5.41) is 11.2. The second-order valence-electron chi connectivity index (χ2n) is 6.69. The second kappa shape index (κ2) is 7.84. The number of nitrogen functional groups attached to an aromatic ring is 1. The lowest BCUT2D eigenvalue weighted by atomic mass is 9.88. The van der Waals surface area contributed by atoms with Crippen molar-refractivity contribution in [1.82, 2.24) is 4.72 Å². The van der Waals surface area contributed by atoms with Gasteiger partial charge in [-0.25, -0.2) is 13.1 Å². The molecule has 0 aromatic heterocycles. The van der Waals surface area contributed by atoms with E-state index in [0.717, 1.165) is 30.0 Å². The number of rotatable bonds is 4. The van der Waals surface area contributed by atoms with Crippen molar-refractivity contribution in [2.24, 2.45) is 0 Å². The summed E-state index contributed by atoms with van der Waals surface area (Å²) in [6.07, 6.45) is 2.37. The number of nitro benzene ring substituents is 1. The number of nitrogens with one attached hydrogen (secondary N) is 1. The van der Waals surface area contributed by atoms with E-state index in [0.29, 0.717) is 23.2 Å². The van der Waals surface area contributed by atoms with Gasteiger partial charge >= 0.3 is 0 Å². The molecule has 0 amide bonds. The second-order valence-corrected chi connectivity index (χ2v) is 8.37. The van der Waals surface area contributed by atoms with Crippen LogP contribution in [0.25, 0.3) is 0 Å². The first kappa shape index (κ1) is 21.1. The molecule has 1 aliphatic carbocycles. The molecule has 1 aliphatic rings. The Morgan fingerprint density at radius 3 is 2.56 bits per heavy atom. The third-order valence-corrected chi connectivity index (χ3v) is 6.37. The first-order valence-electron chi connectivity index (χ1n) is 8.35. The van der Waals surface area contributed by atoms with E-state index in [1.807, 2.05) is 12.1 Å². The number of hydrogen-bond donors (Lipinski definition) is 2. The zero-order chi connectivity index (χ0) is 19.1. The van der Waals surface area contributed by atoms with Crippen molar-refractivity contribution in [3.63, 3.8) is 0 Å². The fourth-order valence-corrected chi connectivity index (χ4v) is 5.01. The molecule has 2 aromatic rings. The van der Waals surface area contributed by atoms with Gasteiger partial charge in [0.1, 0.15) is 0 Å². The van der Waals surface area contributed by atoms with Gasteiger partial charge in [0.05, 0.1) is 9.82 Å². The van der Waals surface area contributed by atoms with Crippen molar-refractivity contribution in [2.75, 3.05) is 5.73 Å². The molecule has 9 heteroatoms. The number of nitrogens with two attached hydrogens (primary N) is 1. The van der Waals surface area contributed by atoms with Gasteiger partial charge in [0.2, 0.25) is 10.0 Å². The number of anilines is 1. The molecule has 0 saturated carbocycles. The first-order chi connectivity index (χ1) is 12.2. The summed E-state index contributed by atoms with van der Waals surface area (Å²) in [6.45, 7) is 3.23. The van der Waals surface area contributed by atoms with E-state index in [2.05, 4.69) is 4.72 Å². The highest BCUT2D eigenvalue weighted by atomic mass is 35.5. The van der Waals surface area contributed by atoms with Crippen LogP contribution in [0, 0.1) is 24.0 Å². The molecule has 7 nitrogen and oxygen atoms in total. The highest BCUT2D eigenvalue weighted by Gasteiger charge is 2.28. The summed E-state index contributed by atoms with van der Waals surface area (Å²) < 4.78 is 28.6. The molecular weight excluding hydrogens is 390 g/mol. The Morgan fingerprint density at radius 2 is 1.89 bits per heavy atom. The number of hydrogen-bond acceptors (Lipinski definition) is 5. The Labute approximate surface area is 164 Å².